The minimum Gasteiger partial charge on any atom is -0.334 e. The first kappa shape index (κ1) is 16.7. The Morgan fingerprint density at radius 2 is 2.04 bits per heavy atom. The molecule has 0 unspecified atom stereocenters. The molecule has 1 aromatic carbocycles. The number of hydrogen-bond acceptors (Lipinski definition) is 5. The lowest BCUT2D eigenvalue weighted by molar-refractivity contribution is -0.117. The number of imidazole rings is 1. The molecule has 1 aliphatic heterocycles. The van der Waals surface area contributed by atoms with Gasteiger partial charge in [0.05, 0.1) is 30.3 Å². The molecule has 0 bridgehead atoms. The Morgan fingerprint density at radius 1 is 1.19 bits per heavy atom. The lowest BCUT2D eigenvalue weighted by atomic mass is 10.1. The van der Waals surface area contributed by atoms with E-state index in [-0.39, 0.29) is 5.91 Å². The highest BCUT2D eigenvalue weighted by Gasteiger charge is 2.15. The third-order valence-corrected chi connectivity index (χ3v) is 4.76. The SMILES string of the molecule is Cn1cncc1-c1ccc2cnc(NC(=O)CN3CCCCC3)nc2c1. The number of rotatable bonds is 4. The van der Waals surface area contributed by atoms with Gasteiger partial charge < -0.3 is 4.57 Å². The number of nitrogens with one attached hydrogen (secondary N) is 1. The standard InChI is InChI=1S/C19H22N6O/c1-24-13-20-11-17(24)14-5-6-15-10-21-19(22-16(15)9-14)23-18(26)12-25-7-3-2-4-8-25/h5-6,9-11,13H,2-4,7-8,12H2,1H3,(H,21,22,23,26). The minimum absolute atomic E-state index is 0.0611. The molecule has 1 aliphatic rings. The molecular weight excluding hydrogens is 328 g/mol. The molecule has 0 atom stereocenters. The van der Waals surface area contributed by atoms with Gasteiger partial charge in [0.15, 0.2) is 0 Å². The molecule has 1 saturated heterocycles. The van der Waals surface area contributed by atoms with E-state index in [4.69, 9.17) is 0 Å². The molecule has 134 valence electrons. The summed E-state index contributed by atoms with van der Waals surface area (Å²) < 4.78 is 1.96. The fraction of sp³-hybridized carbons (Fsp3) is 0.368. The minimum atomic E-state index is -0.0611. The van der Waals surface area contributed by atoms with Gasteiger partial charge in [-0.3, -0.25) is 15.0 Å². The Hall–Kier alpha value is -2.80. The van der Waals surface area contributed by atoms with Gasteiger partial charge in [-0.15, -0.1) is 0 Å². The number of piperidine rings is 1. The number of hydrogen-bond donors (Lipinski definition) is 1. The van der Waals surface area contributed by atoms with Crippen molar-refractivity contribution in [2.24, 2.45) is 7.05 Å². The van der Waals surface area contributed by atoms with E-state index in [2.05, 4.69) is 25.2 Å². The zero-order chi connectivity index (χ0) is 17.9. The summed E-state index contributed by atoms with van der Waals surface area (Å²) in [4.78, 5) is 27.4. The van der Waals surface area contributed by atoms with Crippen LogP contribution in [-0.2, 0) is 11.8 Å². The molecule has 1 amide bonds. The van der Waals surface area contributed by atoms with Crippen LogP contribution in [-0.4, -0.2) is 50.0 Å². The summed E-state index contributed by atoms with van der Waals surface area (Å²) in [6.45, 7) is 2.37. The van der Waals surface area contributed by atoms with Gasteiger partial charge in [0.2, 0.25) is 11.9 Å². The summed E-state index contributed by atoms with van der Waals surface area (Å²) >= 11 is 0. The van der Waals surface area contributed by atoms with Crippen LogP contribution in [0.5, 0.6) is 0 Å². The van der Waals surface area contributed by atoms with Crippen molar-refractivity contribution >= 4 is 22.8 Å². The molecule has 1 fully saturated rings. The van der Waals surface area contributed by atoms with Gasteiger partial charge in [-0.1, -0.05) is 18.6 Å². The van der Waals surface area contributed by atoms with Crippen molar-refractivity contribution in [3.8, 4) is 11.3 Å². The van der Waals surface area contributed by atoms with Gasteiger partial charge in [-0.2, -0.15) is 0 Å². The van der Waals surface area contributed by atoms with Crippen LogP contribution in [0.2, 0.25) is 0 Å². The van der Waals surface area contributed by atoms with E-state index < -0.39 is 0 Å². The largest absolute Gasteiger partial charge is 0.334 e. The molecular formula is C19H22N6O. The Kier molecular flexibility index (Phi) is 4.62. The maximum absolute atomic E-state index is 12.3. The summed E-state index contributed by atoms with van der Waals surface area (Å²) in [5, 5.41) is 3.76. The van der Waals surface area contributed by atoms with E-state index in [1.807, 2.05) is 36.0 Å². The second-order valence-corrected chi connectivity index (χ2v) is 6.74. The zero-order valence-corrected chi connectivity index (χ0v) is 14.9. The van der Waals surface area contributed by atoms with E-state index in [1.165, 1.54) is 6.42 Å². The highest BCUT2D eigenvalue weighted by atomic mass is 16.2. The van der Waals surface area contributed by atoms with Crippen LogP contribution in [0.15, 0.2) is 36.9 Å². The molecule has 0 aliphatic carbocycles. The van der Waals surface area contributed by atoms with E-state index in [0.29, 0.717) is 12.5 Å². The average Bonchev–Trinajstić information content (AvgIpc) is 3.08. The fourth-order valence-electron chi connectivity index (χ4n) is 3.36. The highest BCUT2D eigenvalue weighted by Crippen LogP contribution is 2.23. The molecule has 26 heavy (non-hydrogen) atoms. The number of anilines is 1. The summed E-state index contributed by atoms with van der Waals surface area (Å²) in [5.74, 6) is 0.288. The second kappa shape index (κ2) is 7.21. The fourth-order valence-corrected chi connectivity index (χ4v) is 3.36. The lowest BCUT2D eigenvalue weighted by Gasteiger charge is -2.25. The van der Waals surface area contributed by atoms with Crippen molar-refractivity contribution < 1.29 is 4.79 Å². The molecule has 0 saturated carbocycles. The maximum atomic E-state index is 12.3. The van der Waals surface area contributed by atoms with Gasteiger partial charge in [0, 0.05) is 24.2 Å². The second-order valence-electron chi connectivity index (χ2n) is 6.74. The molecule has 7 nitrogen and oxygen atoms in total. The Bertz CT molecular complexity index is 929. The van der Waals surface area contributed by atoms with Gasteiger partial charge in [0.25, 0.3) is 0 Å². The third kappa shape index (κ3) is 3.57. The first-order chi connectivity index (χ1) is 12.7. The maximum Gasteiger partial charge on any atom is 0.240 e. The van der Waals surface area contributed by atoms with E-state index in [1.54, 1.807) is 12.5 Å². The molecule has 0 radical (unpaired) electrons. The normalized spacial score (nSPS) is 15.3. The number of carbonyl (C=O) groups excluding carboxylic acids is 1. The van der Waals surface area contributed by atoms with Crippen LogP contribution >= 0.6 is 0 Å². The molecule has 0 spiro atoms. The molecule has 4 rings (SSSR count). The number of fused-ring (bicyclic) bond motifs is 1. The molecule has 7 heteroatoms. The average molecular weight is 350 g/mol. The van der Waals surface area contributed by atoms with Crippen LogP contribution in [0.4, 0.5) is 5.95 Å². The van der Waals surface area contributed by atoms with Gasteiger partial charge in [-0.05, 0) is 32.0 Å². The molecule has 3 heterocycles. The zero-order valence-electron chi connectivity index (χ0n) is 14.9. The predicted molar refractivity (Wildman–Crippen MR) is 101 cm³/mol. The monoisotopic (exact) mass is 350 g/mol. The van der Waals surface area contributed by atoms with Crippen LogP contribution in [0.3, 0.4) is 0 Å². The summed E-state index contributed by atoms with van der Waals surface area (Å²) in [6.07, 6.45) is 8.92. The topological polar surface area (TPSA) is 75.9 Å². The Labute approximate surface area is 152 Å². The number of nitrogens with zero attached hydrogens (tertiary/aromatic N) is 5. The first-order valence-electron chi connectivity index (χ1n) is 8.95. The van der Waals surface area contributed by atoms with Crippen LogP contribution in [0.25, 0.3) is 22.2 Å². The van der Waals surface area contributed by atoms with Gasteiger partial charge in [-0.25, -0.2) is 15.0 Å². The van der Waals surface area contributed by atoms with Crippen molar-refractivity contribution in [3.05, 3.63) is 36.9 Å². The Morgan fingerprint density at radius 3 is 2.81 bits per heavy atom. The number of benzene rings is 1. The van der Waals surface area contributed by atoms with Crippen LogP contribution in [0, 0.1) is 0 Å². The summed E-state index contributed by atoms with van der Waals surface area (Å²) in [6, 6.07) is 6.00. The molecule has 2 aromatic heterocycles. The summed E-state index contributed by atoms with van der Waals surface area (Å²) in [7, 11) is 1.96. The number of amides is 1. The number of aromatic nitrogens is 4. The lowest BCUT2D eigenvalue weighted by Crippen LogP contribution is -2.37. The number of likely N-dealkylation sites (tertiary alicyclic amines) is 1. The number of carbonyl (C=O) groups is 1. The molecule has 3 aromatic rings. The van der Waals surface area contributed by atoms with Gasteiger partial charge in [0.1, 0.15) is 0 Å². The predicted octanol–water partition coefficient (Wildman–Crippen LogP) is 2.45. The van der Waals surface area contributed by atoms with Crippen molar-refractivity contribution in [1.82, 2.24) is 24.4 Å². The van der Waals surface area contributed by atoms with Gasteiger partial charge >= 0.3 is 0 Å². The first-order valence-corrected chi connectivity index (χ1v) is 8.95. The van der Waals surface area contributed by atoms with Crippen LogP contribution < -0.4 is 5.32 Å². The van der Waals surface area contributed by atoms with Crippen LogP contribution in [0.1, 0.15) is 19.3 Å². The quantitative estimate of drug-likeness (QED) is 0.782. The van der Waals surface area contributed by atoms with E-state index >= 15 is 0 Å². The number of aryl methyl sites for hydroxylation is 1. The third-order valence-electron chi connectivity index (χ3n) is 4.76. The van der Waals surface area contributed by atoms with Crippen molar-refractivity contribution in [3.63, 3.8) is 0 Å². The van der Waals surface area contributed by atoms with Crippen molar-refractivity contribution in [2.45, 2.75) is 19.3 Å². The Balaban J connectivity index is 1.52. The van der Waals surface area contributed by atoms with Crippen molar-refractivity contribution in [1.29, 1.82) is 0 Å². The van der Waals surface area contributed by atoms with E-state index in [0.717, 1.165) is 48.1 Å². The summed E-state index contributed by atoms with van der Waals surface area (Å²) in [5.41, 5.74) is 2.84. The highest BCUT2D eigenvalue weighted by molar-refractivity contribution is 5.92. The molecule has 1 N–H and O–H groups in total. The van der Waals surface area contributed by atoms with E-state index in [9.17, 15) is 4.79 Å². The smallest absolute Gasteiger partial charge is 0.240 e. The van der Waals surface area contributed by atoms with Crippen molar-refractivity contribution in [2.75, 3.05) is 25.0 Å².